The summed E-state index contributed by atoms with van der Waals surface area (Å²) >= 11 is 0. The third kappa shape index (κ3) is 5.69. The van der Waals surface area contributed by atoms with Crippen LogP contribution in [0.15, 0.2) is 78.9 Å². The first-order valence-electron chi connectivity index (χ1n) is 12.3. The Kier molecular flexibility index (Phi) is 7.18. The fraction of sp³-hybridized carbons (Fsp3) is 0.310. The van der Waals surface area contributed by atoms with Crippen molar-refractivity contribution < 1.29 is 24.2 Å². The van der Waals surface area contributed by atoms with Crippen molar-refractivity contribution in [3.05, 3.63) is 95.6 Å². The van der Waals surface area contributed by atoms with Crippen molar-refractivity contribution in [2.75, 3.05) is 24.5 Å². The van der Waals surface area contributed by atoms with Crippen molar-refractivity contribution in [3.63, 3.8) is 0 Å². The number of carbonyl (C=O) groups excluding carboxylic acids is 1. The van der Waals surface area contributed by atoms with E-state index in [4.69, 9.17) is 14.6 Å². The smallest absolute Gasteiger partial charge is 0.414 e. The Morgan fingerprint density at radius 3 is 2.33 bits per heavy atom. The van der Waals surface area contributed by atoms with Gasteiger partial charge in [0.2, 0.25) is 0 Å². The second-order valence-electron chi connectivity index (χ2n) is 9.42. The molecule has 1 atom stereocenters. The number of aromatic carboxylic acids is 1. The Morgan fingerprint density at radius 1 is 0.917 bits per heavy atom. The topological polar surface area (TPSA) is 79.3 Å². The first-order chi connectivity index (χ1) is 17.5. The molecule has 0 unspecified atom stereocenters. The van der Waals surface area contributed by atoms with Gasteiger partial charge < -0.3 is 14.6 Å². The number of carboxylic acids is 1. The van der Waals surface area contributed by atoms with Crippen LogP contribution in [-0.2, 0) is 17.9 Å². The number of amides is 1. The lowest BCUT2D eigenvalue weighted by atomic mass is 9.86. The van der Waals surface area contributed by atoms with Gasteiger partial charge in [0.05, 0.1) is 12.1 Å². The van der Waals surface area contributed by atoms with Gasteiger partial charge in [-0.05, 0) is 79.4 Å². The molecule has 0 saturated carbocycles. The Labute approximate surface area is 210 Å². The summed E-state index contributed by atoms with van der Waals surface area (Å²) in [7, 11) is 0. The van der Waals surface area contributed by atoms with Gasteiger partial charge in [-0.1, -0.05) is 42.5 Å². The van der Waals surface area contributed by atoms with Gasteiger partial charge in [-0.25, -0.2) is 9.59 Å². The van der Waals surface area contributed by atoms with Gasteiger partial charge in [-0.3, -0.25) is 9.80 Å². The lowest BCUT2D eigenvalue weighted by Crippen LogP contribution is -2.53. The van der Waals surface area contributed by atoms with Crippen molar-refractivity contribution in [2.45, 2.75) is 32.1 Å². The summed E-state index contributed by atoms with van der Waals surface area (Å²) < 4.78 is 12.0. The van der Waals surface area contributed by atoms with Crippen LogP contribution in [0.25, 0.3) is 0 Å². The molecule has 1 amide bonds. The molecule has 3 saturated heterocycles. The summed E-state index contributed by atoms with van der Waals surface area (Å²) in [5.41, 5.74) is 2.82. The lowest BCUT2D eigenvalue weighted by molar-refractivity contribution is -0.0311. The fourth-order valence-corrected chi connectivity index (χ4v) is 4.93. The van der Waals surface area contributed by atoms with Gasteiger partial charge in [0.1, 0.15) is 18.5 Å². The van der Waals surface area contributed by atoms with Crippen molar-refractivity contribution in [1.82, 2.24) is 4.90 Å². The summed E-state index contributed by atoms with van der Waals surface area (Å²) in [6.07, 6.45) is 1.78. The third-order valence-electron chi connectivity index (χ3n) is 6.98. The molecular formula is C29H30N2O5. The van der Waals surface area contributed by atoms with Gasteiger partial charge in [-0.15, -0.1) is 0 Å². The molecule has 0 radical (unpaired) electrons. The fourth-order valence-electron chi connectivity index (χ4n) is 4.93. The number of benzene rings is 3. The molecule has 6 rings (SSSR count). The molecule has 7 heteroatoms. The number of piperidine rings is 3. The molecule has 36 heavy (non-hydrogen) atoms. The largest absolute Gasteiger partial charge is 0.489 e. The first-order valence-corrected chi connectivity index (χ1v) is 12.3. The molecule has 7 nitrogen and oxygen atoms in total. The number of ether oxygens (including phenoxy) is 2. The molecule has 3 heterocycles. The zero-order valence-electron chi connectivity index (χ0n) is 20.1. The van der Waals surface area contributed by atoms with E-state index in [1.807, 2.05) is 54.6 Å². The molecule has 3 aromatic rings. The number of fused-ring (bicyclic) bond motifs is 3. The number of hydrogen-bond acceptors (Lipinski definition) is 5. The third-order valence-corrected chi connectivity index (χ3v) is 6.98. The van der Waals surface area contributed by atoms with E-state index >= 15 is 0 Å². The van der Waals surface area contributed by atoms with Crippen LogP contribution < -0.4 is 9.64 Å². The molecule has 3 aliphatic rings. The van der Waals surface area contributed by atoms with E-state index < -0.39 is 5.97 Å². The molecule has 186 valence electrons. The predicted molar refractivity (Wildman–Crippen MR) is 136 cm³/mol. The lowest BCUT2D eigenvalue weighted by Gasteiger charge is -2.44. The Balaban J connectivity index is 1.27. The van der Waals surface area contributed by atoms with Gasteiger partial charge >= 0.3 is 12.1 Å². The molecule has 0 aliphatic carbocycles. The Morgan fingerprint density at radius 2 is 1.67 bits per heavy atom. The predicted octanol–water partition coefficient (Wildman–Crippen LogP) is 5.20. The standard InChI is InChI=1S/C29H30N2O5/c32-28(33)24-11-9-21(10-12-24)20-35-26-8-4-5-22(17-26)18-31(25-6-2-1-3-7-25)29(34)36-27-19-30-15-13-23(27)14-16-30/h1-12,17,23,27H,13-16,18-20H2,(H,32,33)/t27-/m0/s1. The average Bonchev–Trinajstić information content (AvgIpc) is 2.92. The molecule has 3 aromatic carbocycles. The SMILES string of the molecule is O=C(O)c1ccc(COc2cccc(CN(C(=O)O[C@H]3CN4CCC3CC4)c3ccccc3)c2)cc1. The monoisotopic (exact) mass is 486 g/mol. The van der Waals surface area contributed by atoms with Crippen LogP contribution in [0.5, 0.6) is 5.75 Å². The van der Waals surface area contributed by atoms with E-state index in [0.717, 1.165) is 49.3 Å². The number of para-hydroxylation sites is 1. The Bertz CT molecular complexity index is 1190. The van der Waals surface area contributed by atoms with Crippen molar-refractivity contribution >= 4 is 17.7 Å². The molecule has 3 fully saturated rings. The maximum absolute atomic E-state index is 13.4. The van der Waals surface area contributed by atoms with Crippen LogP contribution in [0.1, 0.15) is 34.3 Å². The van der Waals surface area contributed by atoms with Gasteiger partial charge in [0.15, 0.2) is 0 Å². The van der Waals surface area contributed by atoms with Gasteiger partial charge in [0.25, 0.3) is 0 Å². The van der Waals surface area contributed by atoms with Crippen LogP contribution in [-0.4, -0.2) is 47.8 Å². The minimum atomic E-state index is -0.954. The molecule has 1 N–H and O–H groups in total. The van der Waals surface area contributed by atoms with Crippen LogP contribution in [0.3, 0.4) is 0 Å². The minimum absolute atomic E-state index is 0.0617. The van der Waals surface area contributed by atoms with Gasteiger partial charge in [-0.2, -0.15) is 0 Å². The maximum atomic E-state index is 13.4. The highest BCUT2D eigenvalue weighted by Crippen LogP contribution is 2.31. The summed E-state index contributed by atoms with van der Waals surface area (Å²) in [5.74, 6) is 0.164. The van der Waals surface area contributed by atoms with Crippen molar-refractivity contribution in [2.24, 2.45) is 5.92 Å². The van der Waals surface area contributed by atoms with Crippen molar-refractivity contribution in [1.29, 1.82) is 0 Å². The van der Waals surface area contributed by atoms with Crippen LogP contribution in [0.2, 0.25) is 0 Å². The summed E-state index contributed by atoms with van der Waals surface area (Å²) in [6, 6.07) is 23.9. The molecular weight excluding hydrogens is 456 g/mol. The summed E-state index contributed by atoms with van der Waals surface area (Å²) in [6.45, 7) is 3.67. The zero-order chi connectivity index (χ0) is 24.9. The van der Waals surface area contributed by atoms with E-state index in [2.05, 4.69) is 4.90 Å². The number of nitrogens with zero attached hydrogens (tertiary/aromatic N) is 2. The maximum Gasteiger partial charge on any atom is 0.414 e. The first kappa shape index (κ1) is 23.9. The van der Waals surface area contributed by atoms with E-state index in [-0.39, 0.29) is 17.8 Å². The summed E-state index contributed by atoms with van der Waals surface area (Å²) in [5, 5.41) is 9.06. The van der Waals surface area contributed by atoms with E-state index in [0.29, 0.717) is 24.8 Å². The Hall–Kier alpha value is -3.84. The highest BCUT2D eigenvalue weighted by atomic mass is 16.6. The molecule has 3 aliphatic heterocycles. The number of anilines is 1. The highest BCUT2D eigenvalue weighted by Gasteiger charge is 2.37. The quantitative estimate of drug-likeness (QED) is 0.471. The zero-order valence-corrected chi connectivity index (χ0v) is 20.1. The minimum Gasteiger partial charge on any atom is -0.489 e. The second-order valence-corrected chi connectivity index (χ2v) is 9.42. The average molecular weight is 487 g/mol. The number of hydrogen-bond donors (Lipinski definition) is 1. The van der Waals surface area contributed by atoms with E-state index in [1.165, 1.54) is 0 Å². The number of carboxylic acid groups (broad SMARTS) is 1. The normalized spacial score (nSPS) is 20.5. The van der Waals surface area contributed by atoms with E-state index in [1.54, 1.807) is 29.2 Å². The molecule has 0 aromatic heterocycles. The molecule has 2 bridgehead atoms. The van der Waals surface area contributed by atoms with Crippen LogP contribution in [0.4, 0.5) is 10.5 Å². The number of carbonyl (C=O) groups is 2. The summed E-state index contributed by atoms with van der Waals surface area (Å²) in [4.78, 5) is 28.5. The van der Waals surface area contributed by atoms with E-state index in [9.17, 15) is 9.59 Å². The highest BCUT2D eigenvalue weighted by molar-refractivity contribution is 5.88. The van der Waals surface area contributed by atoms with Crippen LogP contribution >= 0.6 is 0 Å². The van der Waals surface area contributed by atoms with Crippen molar-refractivity contribution in [3.8, 4) is 5.75 Å². The van der Waals surface area contributed by atoms with Crippen LogP contribution in [0, 0.1) is 5.92 Å². The second kappa shape index (κ2) is 10.8. The number of rotatable bonds is 8. The molecule has 0 spiro atoms. The van der Waals surface area contributed by atoms with Gasteiger partial charge in [0, 0.05) is 12.2 Å².